The van der Waals surface area contributed by atoms with Crippen molar-refractivity contribution in [2.24, 2.45) is 5.92 Å². The van der Waals surface area contributed by atoms with Crippen LogP contribution in [0.3, 0.4) is 0 Å². The van der Waals surface area contributed by atoms with Crippen LogP contribution in [0.1, 0.15) is 46.5 Å². The summed E-state index contributed by atoms with van der Waals surface area (Å²) in [5.41, 5.74) is 0. The lowest BCUT2D eigenvalue weighted by molar-refractivity contribution is 0.110. The van der Waals surface area contributed by atoms with Gasteiger partial charge in [-0.3, -0.25) is 0 Å². The van der Waals surface area contributed by atoms with Gasteiger partial charge < -0.3 is 4.90 Å². The van der Waals surface area contributed by atoms with E-state index < -0.39 is 0 Å². The third-order valence-electron chi connectivity index (χ3n) is 3.01. The Morgan fingerprint density at radius 2 is 1.50 bits per heavy atom. The van der Waals surface area contributed by atoms with Gasteiger partial charge in [-0.15, -0.1) is 0 Å². The Bertz CT molecular complexity index is 110. The Hall–Kier alpha value is -0.0400. The molecule has 1 saturated heterocycles. The number of likely N-dealkylation sites (tertiary alicyclic amines) is 1. The molecule has 1 heterocycles. The molecule has 0 aromatic carbocycles. The summed E-state index contributed by atoms with van der Waals surface area (Å²) in [6, 6.07) is 0.984. The zero-order valence-corrected chi connectivity index (χ0v) is 8.84. The van der Waals surface area contributed by atoms with E-state index in [1.807, 2.05) is 13.8 Å². The van der Waals surface area contributed by atoms with Crippen molar-refractivity contribution in [3.05, 3.63) is 0 Å². The number of hydrogen-bond acceptors (Lipinski definition) is 1. The summed E-state index contributed by atoms with van der Waals surface area (Å²) in [5, 5.41) is 0. The van der Waals surface area contributed by atoms with Crippen molar-refractivity contribution >= 4 is 0 Å². The van der Waals surface area contributed by atoms with E-state index in [0.29, 0.717) is 0 Å². The molecule has 0 N–H and O–H groups in total. The maximum Gasteiger partial charge on any atom is 0.0100 e. The van der Waals surface area contributed by atoms with Crippen molar-refractivity contribution in [3.63, 3.8) is 0 Å². The molecule has 0 radical (unpaired) electrons. The lowest BCUT2D eigenvalue weighted by atomic mass is 9.81. The van der Waals surface area contributed by atoms with E-state index in [0.717, 1.165) is 12.0 Å². The molecule has 0 aromatic rings. The van der Waals surface area contributed by atoms with Crippen LogP contribution in [0, 0.1) is 5.92 Å². The van der Waals surface area contributed by atoms with Gasteiger partial charge in [-0.1, -0.05) is 20.8 Å². The van der Waals surface area contributed by atoms with E-state index in [1.54, 1.807) is 0 Å². The smallest absolute Gasteiger partial charge is 0.0100 e. The Kier molecular flexibility index (Phi) is 4.07. The fraction of sp³-hybridized carbons (Fsp3) is 1.00. The van der Waals surface area contributed by atoms with Gasteiger partial charge in [0.25, 0.3) is 0 Å². The first kappa shape index (κ1) is 10.0. The standard InChI is InChI=1S/C9H17N.C2H6/c1-8-6-9(7-8)10-4-2-3-5-10;1-2/h8-9H,2-7H2,1H3;1-2H3. The van der Waals surface area contributed by atoms with Crippen molar-refractivity contribution in [2.45, 2.75) is 52.5 Å². The van der Waals surface area contributed by atoms with Crippen molar-refractivity contribution < 1.29 is 0 Å². The predicted octanol–water partition coefficient (Wildman–Crippen LogP) is 2.91. The normalized spacial score (nSPS) is 35.2. The fourth-order valence-corrected chi connectivity index (χ4v) is 2.26. The molecule has 1 saturated carbocycles. The summed E-state index contributed by atoms with van der Waals surface area (Å²) < 4.78 is 0. The molecule has 0 amide bonds. The van der Waals surface area contributed by atoms with Gasteiger partial charge in [0, 0.05) is 6.04 Å². The van der Waals surface area contributed by atoms with Crippen molar-refractivity contribution in [1.82, 2.24) is 4.90 Å². The van der Waals surface area contributed by atoms with Crippen LogP contribution >= 0.6 is 0 Å². The summed E-state index contributed by atoms with van der Waals surface area (Å²) in [6.07, 6.45) is 5.84. The Labute approximate surface area is 77.1 Å². The molecule has 1 aliphatic heterocycles. The molecule has 0 bridgehead atoms. The van der Waals surface area contributed by atoms with E-state index in [9.17, 15) is 0 Å². The highest BCUT2D eigenvalue weighted by Gasteiger charge is 2.31. The van der Waals surface area contributed by atoms with Gasteiger partial charge in [0.05, 0.1) is 0 Å². The van der Waals surface area contributed by atoms with E-state index >= 15 is 0 Å². The minimum absolute atomic E-state index is 0.984. The number of nitrogens with zero attached hydrogens (tertiary/aromatic N) is 1. The van der Waals surface area contributed by atoms with Crippen molar-refractivity contribution in [1.29, 1.82) is 0 Å². The van der Waals surface area contributed by atoms with Gasteiger partial charge in [0.2, 0.25) is 0 Å². The zero-order valence-electron chi connectivity index (χ0n) is 8.84. The van der Waals surface area contributed by atoms with Crippen LogP contribution < -0.4 is 0 Å². The molecule has 1 aliphatic carbocycles. The predicted molar refractivity (Wildman–Crippen MR) is 54.3 cm³/mol. The maximum atomic E-state index is 2.68. The first-order valence-electron chi connectivity index (χ1n) is 5.60. The fourth-order valence-electron chi connectivity index (χ4n) is 2.26. The van der Waals surface area contributed by atoms with Gasteiger partial charge in [0.1, 0.15) is 0 Å². The molecule has 0 spiro atoms. The highest BCUT2D eigenvalue weighted by Crippen LogP contribution is 2.32. The highest BCUT2D eigenvalue weighted by molar-refractivity contribution is 4.86. The summed E-state index contributed by atoms with van der Waals surface area (Å²) in [4.78, 5) is 2.68. The zero-order chi connectivity index (χ0) is 8.97. The first-order valence-corrected chi connectivity index (χ1v) is 5.60. The minimum Gasteiger partial charge on any atom is -0.300 e. The quantitative estimate of drug-likeness (QED) is 0.583. The topological polar surface area (TPSA) is 3.24 Å². The van der Waals surface area contributed by atoms with Gasteiger partial charge in [0.15, 0.2) is 0 Å². The number of rotatable bonds is 1. The molecule has 2 fully saturated rings. The van der Waals surface area contributed by atoms with Crippen molar-refractivity contribution in [3.8, 4) is 0 Å². The maximum absolute atomic E-state index is 2.68. The van der Waals surface area contributed by atoms with Gasteiger partial charge in [-0.2, -0.15) is 0 Å². The summed E-state index contributed by atoms with van der Waals surface area (Å²) in [7, 11) is 0. The Morgan fingerprint density at radius 1 is 1.00 bits per heavy atom. The van der Waals surface area contributed by atoms with Crippen LogP contribution in [0.25, 0.3) is 0 Å². The molecule has 0 unspecified atom stereocenters. The van der Waals surface area contributed by atoms with Crippen LogP contribution in [0.4, 0.5) is 0 Å². The van der Waals surface area contributed by atoms with E-state index in [4.69, 9.17) is 0 Å². The molecule has 72 valence electrons. The third kappa shape index (κ3) is 2.22. The SMILES string of the molecule is CC.CC1CC(N2CCCC2)C1. The third-order valence-corrected chi connectivity index (χ3v) is 3.01. The number of hydrogen-bond donors (Lipinski definition) is 0. The minimum atomic E-state index is 0.984. The molecule has 1 nitrogen and oxygen atoms in total. The summed E-state index contributed by atoms with van der Waals surface area (Å²) in [5.74, 6) is 1.02. The molecular weight excluding hydrogens is 146 g/mol. The van der Waals surface area contributed by atoms with E-state index in [-0.39, 0.29) is 0 Å². The summed E-state index contributed by atoms with van der Waals surface area (Å²) >= 11 is 0. The second-order valence-electron chi connectivity index (χ2n) is 3.97. The van der Waals surface area contributed by atoms with E-state index in [2.05, 4.69) is 11.8 Å². The van der Waals surface area contributed by atoms with Crippen LogP contribution in [0.5, 0.6) is 0 Å². The monoisotopic (exact) mass is 169 g/mol. The molecule has 0 atom stereocenters. The lowest BCUT2D eigenvalue weighted by Gasteiger charge is -2.39. The van der Waals surface area contributed by atoms with Crippen LogP contribution in [0.2, 0.25) is 0 Å². The molecule has 2 rings (SSSR count). The van der Waals surface area contributed by atoms with Gasteiger partial charge in [-0.25, -0.2) is 0 Å². The lowest BCUT2D eigenvalue weighted by Crippen LogP contribution is -2.42. The molecular formula is C11H23N. The van der Waals surface area contributed by atoms with E-state index in [1.165, 1.54) is 38.8 Å². The average molecular weight is 169 g/mol. The van der Waals surface area contributed by atoms with Gasteiger partial charge in [-0.05, 0) is 44.7 Å². The molecule has 2 aliphatic rings. The summed E-state index contributed by atoms with van der Waals surface area (Å²) in [6.45, 7) is 9.14. The van der Waals surface area contributed by atoms with Crippen LogP contribution in [-0.2, 0) is 0 Å². The largest absolute Gasteiger partial charge is 0.300 e. The van der Waals surface area contributed by atoms with Gasteiger partial charge >= 0.3 is 0 Å². The average Bonchev–Trinajstić information content (AvgIpc) is 2.55. The molecule has 12 heavy (non-hydrogen) atoms. The van der Waals surface area contributed by atoms with Crippen molar-refractivity contribution in [2.75, 3.05) is 13.1 Å². The second kappa shape index (κ2) is 4.86. The first-order chi connectivity index (χ1) is 5.86. The molecule has 0 aromatic heterocycles. The van der Waals surface area contributed by atoms with Crippen LogP contribution in [0.15, 0.2) is 0 Å². The molecule has 1 heteroatoms. The Morgan fingerprint density at radius 3 is 1.92 bits per heavy atom. The van der Waals surface area contributed by atoms with Crippen LogP contribution in [-0.4, -0.2) is 24.0 Å². The highest BCUT2D eigenvalue weighted by atomic mass is 15.2. The Balaban J connectivity index is 0.000000336. The second-order valence-corrected chi connectivity index (χ2v) is 3.97.